The number of aryl methyl sites for hydroxylation is 1. The second kappa shape index (κ2) is 5.70. The van der Waals surface area contributed by atoms with E-state index < -0.39 is 0 Å². The molecular weight excluding hydrogens is 338 g/mol. The molecule has 3 aliphatic heterocycles. The van der Waals surface area contributed by atoms with Crippen LogP contribution < -0.4 is 9.47 Å². The monoisotopic (exact) mass is 357 g/mol. The number of carbonyl (C=O) groups excluding carboxylic acids is 1. The lowest BCUT2D eigenvalue weighted by molar-refractivity contribution is -0.130. The first kappa shape index (κ1) is 15.6. The summed E-state index contributed by atoms with van der Waals surface area (Å²) in [6, 6.07) is 5.63. The zero-order valence-corrected chi connectivity index (χ0v) is 14.4. The Morgan fingerprint density at radius 3 is 3.04 bits per heavy atom. The Kier molecular flexibility index (Phi) is 3.43. The summed E-state index contributed by atoms with van der Waals surface area (Å²) in [5.41, 5.74) is 0.529. The van der Waals surface area contributed by atoms with E-state index in [1.54, 1.807) is 6.92 Å². The van der Waals surface area contributed by atoms with Gasteiger partial charge >= 0.3 is 0 Å². The van der Waals surface area contributed by atoms with Gasteiger partial charge in [-0.25, -0.2) is 0 Å². The van der Waals surface area contributed by atoms with Gasteiger partial charge < -0.3 is 23.5 Å². The summed E-state index contributed by atoms with van der Waals surface area (Å²) < 4.78 is 22.1. The number of nitrogens with zero attached hydrogens (tertiary/aromatic N) is 3. The second-order valence-corrected chi connectivity index (χ2v) is 7.13. The minimum Gasteiger partial charge on any atom is -0.454 e. The predicted molar refractivity (Wildman–Crippen MR) is 87.9 cm³/mol. The zero-order chi connectivity index (χ0) is 17.7. The molecule has 2 atom stereocenters. The number of hydrogen-bond donors (Lipinski definition) is 0. The molecule has 2 fully saturated rings. The normalized spacial score (nSPS) is 26.3. The van der Waals surface area contributed by atoms with E-state index in [4.69, 9.17) is 18.6 Å². The summed E-state index contributed by atoms with van der Waals surface area (Å²) in [6.07, 6.45) is 0.323. The van der Waals surface area contributed by atoms with Crippen LogP contribution in [-0.4, -0.2) is 54.1 Å². The van der Waals surface area contributed by atoms with Crippen molar-refractivity contribution in [3.63, 3.8) is 0 Å². The van der Waals surface area contributed by atoms with Crippen LogP contribution in [0.4, 0.5) is 0 Å². The maximum atomic E-state index is 12.9. The first-order valence-corrected chi connectivity index (χ1v) is 8.69. The van der Waals surface area contributed by atoms with E-state index in [9.17, 15) is 4.79 Å². The Morgan fingerprint density at radius 2 is 2.19 bits per heavy atom. The Bertz CT molecular complexity index is 866. The highest BCUT2D eigenvalue weighted by atomic mass is 16.7. The number of benzene rings is 1. The smallest absolute Gasteiger partial charge is 0.231 e. The van der Waals surface area contributed by atoms with Gasteiger partial charge in [0.25, 0.3) is 0 Å². The van der Waals surface area contributed by atoms with Gasteiger partial charge in [0.15, 0.2) is 11.5 Å². The van der Waals surface area contributed by atoms with Gasteiger partial charge in [0.05, 0.1) is 25.0 Å². The van der Waals surface area contributed by atoms with E-state index in [2.05, 4.69) is 10.2 Å². The number of amides is 1. The molecule has 0 aliphatic carbocycles. The van der Waals surface area contributed by atoms with Crippen LogP contribution >= 0.6 is 0 Å². The molecule has 0 N–H and O–H groups in total. The van der Waals surface area contributed by atoms with Gasteiger partial charge in [-0.2, -0.15) is 0 Å². The fourth-order valence-corrected chi connectivity index (χ4v) is 4.06. The molecule has 2 aromatic rings. The van der Waals surface area contributed by atoms with Crippen molar-refractivity contribution in [1.29, 1.82) is 0 Å². The fraction of sp³-hybridized carbons (Fsp3) is 0.500. The molecule has 0 saturated carbocycles. The van der Waals surface area contributed by atoms with Crippen LogP contribution in [0.25, 0.3) is 0 Å². The number of aromatic nitrogens is 2. The molecule has 136 valence electrons. The number of hydrogen-bond acceptors (Lipinski definition) is 7. The van der Waals surface area contributed by atoms with Crippen LogP contribution in [0.5, 0.6) is 11.5 Å². The van der Waals surface area contributed by atoms with Gasteiger partial charge in [-0.15, -0.1) is 10.2 Å². The Hall–Kier alpha value is -2.61. The maximum absolute atomic E-state index is 12.9. The highest BCUT2D eigenvalue weighted by Crippen LogP contribution is 2.43. The zero-order valence-electron chi connectivity index (χ0n) is 14.4. The summed E-state index contributed by atoms with van der Waals surface area (Å²) in [4.78, 5) is 14.8. The van der Waals surface area contributed by atoms with E-state index in [0.29, 0.717) is 50.3 Å². The first-order valence-electron chi connectivity index (χ1n) is 8.69. The molecule has 1 amide bonds. The third-order valence-electron chi connectivity index (χ3n) is 5.47. The largest absolute Gasteiger partial charge is 0.454 e. The lowest BCUT2D eigenvalue weighted by Gasteiger charge is -2.23. The Balaban J connectivity index is 1.34. The summed E-state index contributed by atoms with van der Waals surface area (Å²) in [5.74, 6) is 2.79. The first-order chi connectivity index (χ1) is 12.6. The van der Waals surface area contributed by atoms with Crippen LogP contribution in [0.2, 0.25) is 0 Å². The van der Waals surface area contributed by atoms with Gasteiger partial charge in [-0.05, 0) is 17.7 Å². The fourth-order valence-electron chi connectivity index (χ4n) is 4.06. The number of likely N-dealkylation sites (tertiary alicyclic amines) is 1. The van der Waals surface area contributed by atoms with E-state index in [-0.39, 0.29) is 24.0 Å². The van der Waals surface area contributed by atoms with Crippen molar-refractivity contribution < 1.29 is 23.4 Å². The molecule has 0 radical (unpaired) electrons. The standard InChI is InChI=1S/C18H19N3O5/c1-11-19-20-17(26-11)18-8-21(6-13(18)7-23-9-18)16(22)5-12-2-3-14-15(4-12)25-10-24-14/h2-4,13H,5-10H2,1H3/t13-,18-/m0/s1. The van der Waals surface area contributed by atoms with Crippen LogP contribution in [0, 0.1) is 12.8 Å². The highest BCUT2D eigenvalue weighted by Gasteiger charge is 2.56. The van der Waals surface area contributed by atoms with Gasteiger partial charge in [0.1, 0.15) is 0 Å². The Morgan fingerprint density at radius 1 is 1.31 bits per heavy atom. The van der Waals surface area contributed by atoms with Crippen molar-refractivity contribution in [1.82, 2.24) is 15.1 Å². The number of fused-ring (bicyclic) bond motifs is 2. The van der Waals surface area contributed by atoms with E-state index in [0.717, 1.165) is 11.3 Å². The summed E-state index contributed by atoms with van der Waals surface area (Å²) in [7, 11) is 0. The van der Waals surface area contributed by atoms with Gasteiger partial charge in [0.2, 0.25) is 24.5 Å². The van der Waals surface area contributed by atoms with Crippen LogP contribution in [0.15, 0.2) is 22.6 Å². The average molecular weight is 357 g/mol. The van der Waals surface area contributed by atoms with E-state index in [1.807, 2.05) is 23.1 Å². The van der Waals surface area contributed by atoms with Crippen molar-refractivity contribution in [2.24, 2.45) is 5.92 Å². The molecule has 3 aliphatic rings. The van der Waals surface area contributed by atoms with Crippen molar-refractivity contribution in [3.8, 4) is 11.5 Å². The number of ether oxygens (including phenoxy) is 3. The summed E-state index contributed by atoms with van der Waals surface area (Å²) >= 11 is 0. The molecular formula is C18H19N3O5. The Labute approximate surface area is 150 Å². The van der Waals surface area contributed by atoms with Crippen molar-refractivity contribution >= 4 is 5.91 Å². The average Bonchev–Trinajstić information content (AvgIpc) is 3.36. The highest BCUT2D eigenvalue weighted by molar-refractivity contribution is 5.79. The molecule has 0 spiro atoms. The number of rotatable bonds is 3. The molecule has 1 aromatic carbocycles. The van der Waals surface area contributed by atoms with Gasteiger partial charge in [-0.1, -0.05) is 6.07 Å². The minimum atomic E-state index is -0.383. The van der Waals surface area contributed by atoms with Crippen molar-refractivity contribution in [2.45, 2.75) is 18.8 Å². The molecule has 2 saturated heterocycles. The van der Waals surface area contributed by atoms with E-state index >= 15 is 0 Å². The van der Waals surface area contributed by atoms with Crippen LogP contribution in [0.3, 0.4) is 0 Å². The lowest BCUT2D eigenvalue weighted by Crippen LogP contribution is -2.38. The quantitative estimate of drug-likeness (QED) is 0.812. The molecule has 4 heterocycles. The molecule has 8 heteroatoms. The molecule has 8 nitrogen and oxygen atoms in total. The number of carbonyl (C=O) groups is 1. The molecule has 0 unspecified atom stereocenters. The maximum Gasteiger partial charge on any atom is 0.231 e. The van der Waals surface area contributed by atoms with Crippen LogP contribution in [-0.2, 0) is 21.4 Å². The van der Waals surface area contributed by atoms with Crippen molar-refractivity contribution in [3.05, 3.63) is 35.5 Å². The topological polar surface area (TPSA) is 86.9 Å². The van der Waals surface area contributed by atoms with Crippen molar-refractivity contribution in [2.75, 3.05) is 33.1 Å². The third-order valence-corrected chi connectivity index (χ3v) is 5.47. The van der Waals surface area contributed by atoms with Crippen LogP contribution in [0.1, 0.15) is 17.3 Å². The minimum absolute atomic E-state index is 0.0777. The predicted octanol–water partition coefficient (Wildman–Crippen LogP) is 1.08. The lowest BCUT2D eigenvalue weighted by atomic mass is 9.81. The van der Waals surface area contributed by atoms with Gasteiger partial charge in [-0.3, -0.25) is 4.79 Å². The van der Waals surface area contributed by atoms with Gasteiger partial charge in [0, 0.05) is 25.9 Å². The second-order valence-electron chi connectivity index (χ2n) is 7.13. The van der Waals surface area contributed by atoms with E-state index in [1.165, 1.54) is 0 Å². The molecule has 26 heavy (non-hydrogen) atoms. The summed E-state index contributed by atoms with van der Waals surface area (Å²) in [6.45, 7) is 4.30. The molecule has 0 bridgehead atoms. The summed E-state index contributed by atoms with van der Waals surface area (Å²) in [5, 5.41) is 8.17. The molecule has 5 rings (SSSR count). The SMILES string of the molecule is Cc1nnc([C@@]23COC[C@@H]2CN(C(=O)Cc2ccc4c(c2)OCO4)C3)o1. The molecule has 1 aromatic heterocycles. The third kappa shape index (κ3) is 2.36.